The summed E-state index contributed by atoms with van der Waals surface area (Å²) in [6, 6.07) is 0.618. The maximum atomic E-state index is 5.70. The molecule has 2 atom stereocenters. The third kappa shape index (κ3) is 5.27. The molecule has 0 heterocycles. The van der Waals surface area contributed by atoms with Crippen LogP contribution in [0.1, 0.15) is 40.0 Å². The van der Waals surface area contributed by atoms with E-state index in [1.165, 1.54) is 19.3 Å². The van der Waals surface area contributed by atoms with Crippen LogP contribution < -0.4 is 5.32 Å². The van der Waals surface area contributed by atoms with Gasteiger partial charge in [-0.3, -0.25) is 0 Å². The molecule has 1 rings (SSSR count). The maximum absolute atomic E-state index is 5.70. The maximum Gasteiger partial charge on any atom is 0.0671 e. The molecular formula is C11H23NO. The molecule has 0 aromatic heterocycles. The van der Waals surface area contributed by atoms with Crippen LogP contribution in [0.4, 0.5) is 0 Å². The van der Waals surface area contributed by atoms with Crippen LogP contribution in [-0.4, -0.2) is 25.3 Å². The van der Waals surface area contributed by atoms with Crippen LogP contribution in [0.15, 0.2) is 0 Å². The highest BCUT2D eigenvalue weighted by Gasteiger charge is 2.22. The molecule has 1 aliphatic carbocycles. The fourth-order valence-corrected chi connectivity index (χ4v) is 1.16. The van der Waals surface area contributed by atoms with Gasteiger partial charge in [0.2, 0.25) is 0 Å². The van der Waals surface area contributed by atoms with Gasteiger partial charge in [0.25, 0.3) is 0 Å². The van der Waals surface area contributed by atoms with Gasteiger partial charge in [-0.15, -0.1) is 0 Å². The molecule has 0 amide bonds. The minimum absolute atomic E-state index is 0.370. The Morgan fingerprint density at radius 2 is 2.08 bits per heavy atom. The lowest BCUT2D eigenvalue weighted by molar-refractivity contribution is 0.0567. The standard InChI is InChI=1S/C11H23NO/c1-4-9(2)12-7-10(3)13-8-11-5-6-11/h9-12H,4-8H2,1-3H3. The number of hydrogen-bond donors (Lipinski definition) is 1. The first kappa shape index (κ1) is 11.0. The molecular weight excluding hydrogens is 162 g/mol. The molecule has 0 spiro atoms. The lowest BCUT2D eigenvalue weighted by Crippen LogP contribution is -2.33. The molecule has 2 heteroatoms. The molecule has 1 N–H and O–H groups in total. The molecule has 0 aromatic rings. The summed E-state index contributed by atoms with van der Waals surface area (Å²) in [6.45, 7) is 8.53. The Morgan fingerprint density at radius 1 is 1.38 bits per heavy atom. The van der Waals surface area contributed by atoms with E-state index in [1.54, 1.807) is 0 Å². The molecule has 1 aliphatic rings. The van der Waals surface area contributed by atoms with Crippen LogP contribution in [-0.2, 0) is 4.74 Å². The lowest BCUT2D eigenvalue weighted by atomic mass is 10.2. The van der Waals surface area contributed by atoms with Crippen molar-refractivity contribution in [1.82, 2.24) is 5.32 Å². The first-order valence-electron chi connectivity index (χ1n) is 5.57. The Labute approximate surface area is 82.0 Å². The van der Waals surface area contributed by atoms with Gasteiger partial charge in [0.15, 0.2) is 0 Å². The minimum Gasteiger partial charge on any atom is -0.377 e. The van der Waals surface area contributed by atoms with Gasteiger partial charge >= 0.3 is 0 Å². The van der Waals surface area contributed by atoms with Gasteiger partial charge in [-0.1, -0.05) is 6.92 Å². The molecule has 0 aliphatic heterocycles. The molecule has 1 saturated carbocycles. The number of nitrogens with one attached hydrogen (secondary N) is 1. The summed E-state index contributed by atoms with van der Waals surface area (Å²) in [5, 5.41) is 3.45. The summed E-state index contributed by atoms with van der Waals surface area (Å²) in [5.41, 5.74) is 0. The monoisotopic (exact) mass is 185 g/mol. The van der Waals surface area contributed by atoms with Gasteiger partial charge in [-0.25, -0.2) is 0 Å². The molecule has 0 aromatic carbocycles. The van der Waals surface area contributed by atoms with Crippen LogP contribution in [0.25, 0.3) is 0 Å². The Kier molecular flexibility index (Phi) is 4.74. The normalized spacial score (nSPS) is 21.5. The highest BCUT2D eigenvalue weighted by molar-refractivity contribution is 4.73. The van der Waals surface area contributed by atoms with Crippen LogP contribution in [0.5, 0.6) is 0 Å². The van der Waals surface area contributed by atoms with Crippen LogP contribution in [0.3, 0.4) is 0 Å². The lowest BCUT2D eigenvalue weighted by Gasteiger charge is -2.17. The van der Waals surface area contributed by atoms with Crippen molar-refractivity contribution >= 4 is 0 Å². The summed E-state index contributed by atoms with van der Waals surface area (Å²) in [7, 11) is 0. The Balaban J connectivity index is 1.92. The van der Waals surface area contributed by atoms with Crippen molar-refractivity contribution in [2.24, 2.45) is 5.92 Å². The van der Waals surface area contributed by atoms with Gasteiger partial charge < -0.3 is 10.1 Å². The van der Waals surface area contributed by atoms with Crippen molar-refractivity contribution in [1.29, 1.82) is 0 Å². The number of ether oxygens (including phenoxy) is 1. The summed E-state index contributed by atoms with van der Waals surface area (Å²) < 4.78 is 5.70. The highest BCUT2D eigenvalue weighted by atomic mass is 16.5. The van der Waals surface area contributed by atoms with Crippen molar-refractivity contribution in [2.45, 2.75) is 52.2 Å². The Morgan fingerprint density at radius 3 is 2.62 bits per heavy atom. The van der Waals surface area contributed by atoms with Crippen LogP contribution in [0.2, 0.25) is 0 Å². The quantitative estimate of drug-likeness (QED) is 0.656. The van der Waals surface area contributed by atoms with E-state index >= 15 is 0 Å². The SMILES string of the molecule is CCC(C)NCC(C)OCC1CC1. The van der Waals surface area contributed by atoms with Crippen LogP contribution >= 0.6 is 0 Å². The average molecular weight is 185 g/mol. The van der Waals surface area contributed by atoms with Crippen molar-refractivity contribution in [3.8, 4) is 0 Å². The first-order chi connectivity index (χ1) is 6.22. The summed E-state index contributed by atoms with van der Waals surface area (Å²) in [4.78, 5) is 0. The third-order valence-corrected chi connectivity index (χ3v) is 2.68. The summed E-state index contributed by atoms with van der Waals surface area (Å²) in [6.07, 6.45) is 4.32. The van der Waals surface area contributed by atoms with Gasteiger partial charge in [0, 0.05) is 19.2 Å². The molecule has 0 bridgehead atoms. The molecule has 0 radical (unpaired) electrons. The molecule has 13 heavy (non-hydrogen) atoms. The minimum atomic E-state index is 0.370. The second kappa shape index (κ2) is 5.61. The average Bonchev–Trinajstić information content (AvgIpc) is 2.94. The number of rotatable bonds is 7. The van der Waals surface area contributed by atoms with E-state index in [0.29, 0.717) is 12.1 Å². The Hall–Kier alpha value is -0.0800. The smallest absolute Gasteiger partial charge is 0.0671 e. The molecule has 78 valence electrons. The largest absolute Gasteiger partial charge is 0.377 e. The third-order valence-electron chi connectivity index (χ3n) is 2.68. The predicted octanol–water partition coefficient (Wildman–Crippen LogP) is 2.19. The summed E-state index contributed by atoms with van der Waals surface area (Å²) in [5.74, 6) is 0.881. The van der Waals surface area contributed by atoms with E-state index in [9.17, 15) is 0 Å². The molecule has 2 unspecified atom stereocenters. The van der Waals surface area contributed by atoms with Crippen molar-refractivity contribution < 1.29 is 4.74 Å². The van der Waals surface area contributed by atoms with E-state index in [-0.39, 0.29) is 0 Å². The van der Waals surface area contributed by atoms with E-state index in [0.717, 1.165) is 19.1 Å². The molecule has 2 nitrogen and oxygen atoms in total. The summed E-state index contributed by atoms with van der Waals surface area (Å²) >= 11 is 0. The van der Waals surface area contributed by atoms with Crippen molar-refractivity contribution in [2.75, 3.05) is 13.2 Å². The van der Waals surface area contributed by atoms with Gasteiger partial charge in [-0.2, -0.15) is 0 Å². The Bertz CT molecular complexity index is 134. The first-order valence-corrected chi connectivity index (χ1v) is 5.57. The van der Waals surface area contributed by atoms with E-state index in [1.807, 2.05) is 0 Å². The topological polar surface area (TPSA) is 21.3 Å². The van der Waals surface area contributed by atoms with Gasteiger partial charge in [-0.05, 0) is 39.0 Å². The predicted molar refractivity (Wildman–Crippen MR) is 55.9 cm³/mol. The molecule has 1 fully saturated rings. The molecule has 0 saturated heterocycles. The van der Waals surface area contributed by atoms with E-state index in [4.69, 9.17) is 4.74 Å². The fraction of sp³-hybridized carbons (Fsp3) is 1.00. The van der Waals surface area contributed by atoms with Crippen LogP contribution in [0, 0.1) is 5.92 Å². The fourth-order valence-electron chi connectivity index (χ4n) is 1.16. The van der Waals surface area contributed by atoms with Crippen molar-refractivity contribution in [3.63, 3.8) is 0 Å². The van der Waals surface area contributed by atoms with E-state index in [2.05, 4.69) is 26.1 Å². The highest BCUT2D eigenvalue weighted by Crippen LogP contribution is 2.29. The van der Waals surface area contributed by atoms with Gasteiger partial charge in [0.05, 0.1) is 6.10 Å². The van der Waals surface area contributed by atoms with Crippen molar-refractivity contribution in [3.05, 3.63) is 0 Å². The zero-order valence-corrected chi connectivity index (χ0v) is 9.18. The van der Waals surface area contributed by atoms with E-state index < -0.39 is 0 Å². The second-order valence-electron chi connectivity index (χ2n) is 4.30. The number of hydrogen-bond acceptors (Lipinski definition) is 2. The zero-order valence-electron chi connectivity index (χ0n) is 9.18. The van der Waals surface area contributed by atoms with Gasteiger partial charge in [0.1, 0.15) is 0 Å². The second-order valence-corrected chi connectivity index (χ2v) is 4.30. The zero-order chi connectivity index (χ0) is 9.68.